The van der Waals surface area contributed by atoms with Gasteiger partial charge < -0.3 is 20.4 Å². The molecule has 32 heavy (non-hydrogen) atoms. The maximum absolute atomic E-state index is 12.4. The van der Waals surface area contributed by atoms with Crippen molar-refractivity contribution in [2.75, 3.05) is 36.4 Å². The molecule has 0 aromatic heterocycles. The molecule has 0 bridgehead atoms. The summed E-state index contributed by atoms with van der Waals surface area (Å²) >= 11 is 0. The number of carbonyl (C=O) groups is 2. The van der Waals surface area contributed by atoms with Gasteiger partial charge in [0.25, 0.3) is 0 Å². The Hall–Kier alpha value is -3.02. The molecule has 6 heteroatoms. The second-order valence-corrected chi connectivity index (χ2v) is 9.02. The van der Waals surface area contributed by atoms with Gasteiger partial charge in [0.1, 0.15) is 5.92 Å². The zero-order valence-corrected chi connectivity index (χ0v) is 19.1. The molecule has 2 aliphatic heterocycles. The van der Waals surface area contributed by atoms with Crippen molar-refractivity contribution in [3.8, 4) is 0 Å². The van der Waals surface area contributed by atoms with Crippen LogP contribution in [-0.4, -0.2) is 42.9 Å². The first-order chi connectivity index (χ1) is 15.5. The summed E-state index contributed by atoms with van der Waals surface area (Å²) in [6, 6.07) is 16.7. The predicted octanol–water partition coefficient (Wildman–Crippen LogP) is 4.15. The molecule has 0 aliphatic carbocycles. The first-order valence-electron chi connectivity index (χ1n) is 11.8. The highest BCUT2D eigenvalue weighted by Crippen LogP contribution is 2.25. The van der Waals surface area contributed by atoms with Crippen LogP contribution in [0, 0.1) is 11.8 Å². The van der Waals surface area contributed by atoms with Crippen LogP contribution in [0.25, 0.3) is 0 Å². The number of anilines is 3. The number of nitrogens with zero attached hydrogens (tertiary/aromatic N) is 2. The van der Waals surface area contributed by atoms with Crippen LogP contribution in [0.15, 0.2) is 48.5 Å². The molecule has 170 valence electrons. The second kappa shape index (κ2) is 10.1. The van der Waals surface area contributed by atoms with Gasteiger partial charge in [-0.25, -0.2) is 0 Å². The SMILES string of the molecule is CCN1CCC(C(=O)NCc2ccc(Nc3ccc(N4CCC(C)CC4)cc3)cc2)C1=O. The van der Waals surface area contributed by atoms with Crippen molar-refractivity contribution in [3.63, 3.8) is 0 Å². The molecule has 1 unspecified atom stereocenters. The lowest BCUT2D eigenvalue weighted by Gasteiger charge is -2.32. The van der Waals surface area contributed by atoms with Crippen LogP contribution in [0.2, 0.25) is 0 Å². The molecule has 0 spiro atoms. The molecule has 2 N–H and O–H groups in total. The van der Waals surface area contributed by atoms with Gasteiger partial charge in [-0.05, 0) is 74.1 Å². The normalized spacial score (nSPS) is 19.3. The molecule has 0 saturated carbocycles. The Morgan fingerprint density at radius 2 is 1.56 bits per heavy atom. The Balaban J connectivity index is 1.26. The Kier molecular flexibility index (Phi) is 6.98. The standard InChI is InChI=1S/C26H34N4O2/c1-3-29-17-14-24(26(29)32)25(31)27-18-20-4-6-21(7-5-20)28-22-8-10-23(11-9-22)30-15-12-19(2)13-16-30/h4-11,19,24,28H,3,12-18H2,1-2H3,(H,27,31). The summed E-state index contributed by atoms with van der Waals surface area (Å²) in [5.41, 5.74) is 4.36. The van der Waals surface area contributed by atoms with Gasteiger partial charge in [-0.15, -0.1) is 0 Å². The third-order valence-corrected chi connectivity index (χ3v) is 6.72. The maximum atomic E-state index is 12.4. The highest BCUT2D eigenvalue weighted by Gasteiger charge is 2.35. The van der Waals surface area contributed by atoms with Gasteiger partial charge >= 0.3 is 0 Å². The van der Waals surface area contributed by atoms with Crippen LogP contribution in [-0.2, 0) is 16.1 Å². The molecule has 1 atom stereocenters. The summed E-state index contributed by atoms with van der Waals surface area (Å²) in [5, 5.41) is 6.35. The Bertz CT molecular complexity index is 918. The highest BCUT2D eigenvalue weighted by atomic mass is 16.2. The first kappa shape index (κ1) is 22.2. The van der Waals surface area contributed by atoms with Crippen molar-refractivity contribution < 1.29 is 9.59 Å². The molecule has 2 saturated heterocycles. The van der Waals surface area contributed by atoms with E-state index in [1.54, 1.807) is 4.90 Å². The minimum atomic E-state index is -0.535. The molecule has 6 nitrogen and oxygen atoms in total. The highest BCUT2D eigenvalue weighted by molar-refractivity contribution is 6.01. The molecule has 2 aromatic carbocycles. The van der Waals surface area contributed by atoms with Gasteiger partial charge in [0.15, 0.2) is 0 Å². The fraction of sp³-hybridized carbons (Fsp3) is 0.462. The summed E-state index contributed by atoms with van der Waals surface area (Å²) in [6.07, 6.45) is 3.14. The van der Waals surface area contributed by atoms with E-state index >= 15 is 0 Å². The van der Waals surface area contributed by atoms with Gasteiger partial charge in [0, 0.05) is 49.8 Å². The molecule has 2 fully saturated rings. The topological polar surface area (TPSA) is 64.7 Å². The van der Waals surface area contributed by atoms with Crippen LogP contribution >= 0.6 is 0 Å². The van der Waals surface area contributed by atoms with Gasteiger partial charge in [-0.1, -0.05) is 19.1 Å². The summed E-state index contributed by atoms with van der Waals surface area (Å²) in [5.74, 6) is 0.0779. The average molecular weight is 435 g/mol. The Labute approximate surface area is 191 Å². The fourth-order valence-corrected chi connectivity index (χ4v) is 4.50. The number of piperidine rings is 1. The molecule has 2 heterocycles. The van der Waals surface area contributed by atoms with Crippen molar-refractivity contribution in [1.82, 2.24) is 10.2 Å². The van der Waals surface area contributed by atoms with E-state index in [1.807, 2.05) is 31.2 Å². The van der Waals surface area contributed by atoms with E-state index in [1.165, 1.54) is 18.5 Å². The second-order valence-electron chi connectivity index (χ2n) is 9.02. The number of nitrogens with one attached hydrogen (secondary N) is 2. The van der Waals surface area contributed by atoms with E-state index in [4.69, 9.17) is 0 Å². The van der Waals surface area contributed by atoms with E-state index < -0.39 is 5.92 Å². The van der Waals surface area contributed by atoms with Crippen molar-refractivity contribution in [3.05, 3.63) is 54.1 Å². The molecule has 4 rings (SSSR count). The lowest BCUT2D eigenvalue weighted by atomic mass is 9.99. The molecular weight excluding hydrogens is 400 g/mol. The van der Waals surface area contributed by atoms with Gasteiger partial charge in [-0.3, -0.25) is 9.59 Å². The number of hydrogen-bond acceptors (Lipinski definition) is 4. The van der Waals surface area contributed by atoms with Crippen LogP contribution < -0.4 is 15.5 Å². The largest absolute Gasteiger partial charge is 0.372 e. The van der Waals surface area contributed by atoms with Crippen LogP contribution in [0.5, 0.6) is 0 Å². The van der Waals surface area contributed by atoms with Crippen LogP contribution in [0.1, 0.15) is 38.7 Å². The van der Waals surface area contributed by atoms with Crippen LogP contribution in [0.3, 0.4) is 0 Å². The average Bonchev–Trinajstić information content (AvgIpc) is 3.20. The number of rotatable bonds is 7. The lowest BCUT2D eigenvalue weighted by Crippen LogP contribution is -2.36. The summed E-state index contributed by atoms with van der Waals surface area (Å²) in [4.78, 5) is 28.8. The Morgan fingerprint density at radius 1 is 0.938 bits per heavy atom. The van der Waals surface area contributed by atoms with Gasteiger partial charge in [0.2, 0.25) is 11.8 Å². The van der Waals surface area contributed by atoms with Gasteiger partial charge in [0.05, 0.1) is 0 Å². The van der Waals surface area contributed by atoms with Crippen LogP contribution in [0.4, 0.5) is 17.1 Å². The third-order valence-electron chi connectivity index (χ3n) is 6.72. The number of benzene rings is 2. The minimum Gasteiger partial charge on any atom is -0.372 e. The van der Waals surface area contributed by atoms with E-state index in [0.717, 1.165) is 35.9 Å². The minimum absolute atomic E-state index is 0.0505. The molecular formula is C26H34N4O2. The number of amides is 2. The zero-order valence-electron chi connectivity index (χ0n) is 19.1. The maximum Gasteiger partial charge on any atom is 0.235 e. The van der Waals surface area contributed by atoms with Crippen molar-refractivity contribution in [2.24, 2.45) is 11.8 Å². The summed E-state index contributed by atoms with van der Waals surface area (Å²) in [7, 11) is 0. The van der Waals surface area contributed by atoms with E-state index in [9.17, 15) is 9.59 Å². The van der Waals surface area contributed by atoms with Crippen molar-refractivity contribution in [2.45, 2.75) is 39.7 Å². The molecule has 2 amide bonds. The van der Waals surface area contributed by atoms with Crippen molar-refractivity contribution >= 4 is 28.9 Å². The van der Waals surface area contributed by atoms with Gasteiger partial charge in [-0.2, -0.15) is 0 Å². The smallest absolute Gasteiger partial charge is 0.235 e. The molecule has 2 aliphatic rings. The quantitative estimate of drug-likeness (QED) is 0.643. The molecule has 0 radical (unpaired) electrons. The number of likely N-dealkylation sites (tertiary alicyclic amines) is 1. The lowest BCUT2D eigenvalue weighted by molar-refractivity contribution is -0.137. The Morgan fingerprint density at radius 3 is 2.16 bits per heavy atom. The van der Waals surface area contributed by atoms with Crippen molar-refractivity contribution in [1.29, 1.82) is 0 Å². The monoisotopic (exact) mass is 434 g/mol. The predicted molar refractivity (Wildman–Crippen MR) is 129 cm³/mol. The van der Waals surface area contributed by atoms with E-state index in [2.05, 4.69) is 46.7 Å². The summed E-state index contributed by atoms with van der Waals surface area (Å²) in [6.45, 7) is 8.31. The summed E-state index contributed by atoms with van der Waals surface area (Å²) < 4.78 is 0. The van der Waals surface area contributed by atoms with E-state index in [0.29, 0.717) is 26.1 Å². The molecule has 2 aromatic rings. The fourth-order valence-electron chi connectivity index (χ4n) is 4.50. The number of carbonyl (C=O) groups excluding carboxylic acids is 2. The van der Waals surface area contributed by atoms with E-state index in [-0.39, 0.29) is 11.8 Å². The third kappa shape index (κ3) is 5.23. The zero-order chi connectivity index (χ0) is 22.5. The first-order valence-corrected chi connectivity index (χ1v) is 11.8. The number of hydrogen-bond donors (Lipinski definition) is 2.